The number of ether oxygens (including phenoxy) is 5. The number of aryl methyl sites for hydroxylation is 3. The van der Waals surface area contributed by atoms with Crippen molar-refractivity contribution >= 4 is 51.6 Å². The van der Waals surface area contributed by atoms with Gasteiger partial charge in [0.2, 0.25) is 11.8 Å². The number of hydrogen-bond donors (Lipinski definition) is 3. The molecule has 0 saturated heterocycles. The number of allylic oxidation sites excluding steroid dienone is 2. The van der Waals surface area contributed by atoms with E-state index in [1.165, 1.54) is 11.3 Å². The van der Waals surface area contributed by atoms with Gasteiger partial charge < -0.3 is 44.1 Å². The molecule has 5 aromatic rings. The van der Waals surface area contributed by atoms with Crippen LogP contribution in [0.25, 0.3) is 0 Å². The van der Waals surface area contributed by atoms with Crippen LogP contribution in [0.2, 0.25) is 5.02 Å². The highest BCUT2D eigenvalue weighted by atomic mass is 35.5. The molecule has 1 aliphatic rings. The number of nitrogens with one attached hydrogen (secondary N) is 3. The number of amides is 4. The lowest BCUT2D eigenvalue weighted by molar-refractivity contribution is -0.141. The van der Waals surface area contributed by atoms with Gasteiger partial charge in [-0.2, -0.15) is 0 Å². The first kappa shape index (κ1) is 58.8. The lowest BCUT2D eigenvalue weighted by atomic mass is 10.00. The fourth-order valence-corrected chi connectivity index (χ4v) is 9.09. The molecule has 2 aromatic heterocycles. The molecule has 4 amide bonds. The number of aromatic nitrogens is 4. The summed E-state index contributed by atoms with van der Waals surface area (Å²) in [4.78, 5) is 48.5. The van der Waals surface area contributed by atoms with Crippen LogP contribution in [0.15, 0.2) is 115 Å². The van der Waals surface area contributed by atoms with Crippen LogP contribution in [0.3, 0.4) is 0 Å². The van der Waals surface area contributed by atoms with Gasteiger partial charge in [0, 0.05) is 54.3 Å². The second-order valence-corrected chi connectivity index (χ2v) is 19.7. The van der Waals surface area contributed by atoms with Crippen molar-refractivity contribution in [1.29, 1.82) is 0 Å². The Bertz CT molecular complexity index is 2600. The van der Waals surface area contributed by atoms with Crippen molar-refractivity contribution in [2.24, 2.45) is 0 Å². The van der Waals surface area contributed by atoms with E-state index in [0.29, 0.717) is 99.4 Å². The van der Waals surface area contributed by atoms with Gasteiger partial charge in [0.25, 0.3) is 0 Å². The maximum absolute atomic E-state index is 14.0. The number of nitrogens with zero attached hydrogens (tertiary/aromatic N) is 6. The maximum Gasteiger partial charge on any atom is 0.325 e. The zero-order valence-corrected chi connectivity index (χ0v) is 45.8. The van der Waals surface area contributed by atoms with E-state index in [-0.39, 0.29) is 36.9 Å². The molecule has 6 rings (SSSR count). The van der Waals surface area contributed by atoms with E-state index in [2.05, 4.69) is 56.4 Å². The Morgan fingerprint density at radius 3 is 2.29 bits per heavy atom. The van der Waals surface area contributed by atoms with Gasteiger partial charge in [0.1, 0.15) is 24.1 Å². The fraction of sp³-hybridized carbons (Fsp3) is 0.439. The first-order chi connectivity index (χ1) is 37.0. The van der Waals surface area contributed by atoms with Gasteiger partial charge in [-0.25, -0.2) is 14.5 Å². The zero-order valence-electron chi connectivity index (χ0n) is 44.2. The Labute approximate surface area is 456 Å². The van der Waals surface area contributed by atoms with E-state index in [1.54, 1.807) is 58.1 Å². The molecule has 1 atom stereocenters. The first-order valence-electron chi connectivity index (χ1n) is 26.1. The Morgan fingerprint density at radius 1 is 0.855 bits per heavy atom. The predicted octanol–water partition coefficient (Wildman–Crippen LogP) is 9.44. The highest BCUT2D eigenvalue weighted by molar-refractivity contribution is 7.13. The number of carbonyl (C=O) groups is 3. The normalized spacial score (nSPS) is 12.8. The minimum absolute atomic E-state index is 0.00497. The molecule has 0 radical (unpaired) electrons. The number of unbranched alkanes of at least 4 members (excludes halogenated alkanes) is 1. The van der Waals surface area contributed by atoms with Crippen LogP contribution in [-0.4, -0.2) is 133 Å². The highest BCUT2D eigenvalue weighted by Gasteiger charge is 2.41. The van der Waals surface area contributed by atoms with E-state index in [9.17, 15) is 14.4 Å². The van der Waals surface area contributed by atoms with Crippen LogP contribution >= 0.6 is 22.9 Å². The SMILES string of the molecule is C=C/C=C(\C=C)CNC(=O)C(c1cc(C)cc(Cl)c1)N(C(=O)CCc1ccc(OCCCCN(C)CCOCCOCCc2cn(CCOCCOc3ccc(NC(=O)Nc4nc(CC)cs4)cc3)nn2)cc1)C1CC1. The maximum atomic E-state index is 14.0. The summed E-state index contributed by atoms with van der Waals surface area (Å²) in [6.45, 7) is 18.2. The molecule has 3 aromatic carbocycles. The van der Waals surface area contributed by atoms with Crippen molar-refractivity contribution in [1.82, 2.24) is 35.1 Å². The molecule has 0 spiro atoms. The van der Waals surface area contributed by atoms with Gasteiger partial charge in [0.05, 0.1) is 64.2 Å². The van der Waals surface area contributed by atoms with E-state index < -0.39 is 6.04 Å². The standard InChI is InChI=1S/C57H74ClN9O8S/c1-6-11-43(7-2)39-59-55(69)54(45-36-42(4)37-46(58)38-45)67(50-17-18-50)53(68)23-14-44-12-19-51(20-13-44)74-28-10-9-25-65(5)26-30-72-33-32-71-29-24-49-40-66(64-63-49)27-31-73-34-35-75-52-21-15-48(16-22-52)60-56(70)62-57-61-47(8-3)41-76-57/h6-7,11-13,15-16,19-22,36-38,40-41,50,54H,1-2,8-10,14,17-18,23-35,39H2,3-5H3,(H,59,69)(H2,60,61,62,70)/b43-11+. The zero-order chi connectivity index (χ0) is 53.9. The number of hydrogen-bond acceptors (Lipinski definition) is 13. The smallest absolute Gasteiger partial charge is 0.325 e. The molecule has 1 fully saturated rings. The molecule has 3 N–H and O–H groups in total. The van der Waals surface area contributed by atoms with Crippen LogP contribution in [0.1, 0.15) is 73.1 Å². The number of benzene rings is 3. The summed E-state index contributed by atoms with van der Waals surface area (Å²) < 4.78 is 30.9. The second kappa shape index (κ2) is 32.2. The van der Waals surface area contributed by atoms with Crippen molar-refractivity contribution in [3.05, 3.63) is 148 Å². The molecule has 1 unspecified atom stereocenters. The quantitative estimate of drug-likeness (QED) is 0.0256. The minimum atomic E-state index is -0.809. The van der Waals surface area contributed by atoms with Gasteiger partial charge in [-0.3, -0.25) is 14.9 Å². The topological polar surface area (TPSA) is 184 Å². The molecular weight excluding hydrogens is 1010 g/mol. The van der Waals surface area contributed by atoms with E-state index in [1.807, 2.05) is 61.8 Å². The van der Waals surface area contributed by atoms with Crippen molar-refractivity contribution in [2.75, 3.05) is 90.2 Å². The molecule has 0 aliphatic heterocycles. The highest BCUT2D eigenvalue weighted by Crippen LogP contribution is 2.37. The molecule has 17 nitrogen and oxygen atoms in total. The van der Waals surface area contributed by atoms with Gasteiger partial charge in [-0.05, 0) is 130 Å². The molecular formula is C57H74ClN9O8S. The lowest BCUT2D eigenvalue weighted by Gasteiger charge is -2.32. The van der Waals surface area contributed by atoms with E-state index in [4.69, 9.17) is 35.3 Å². The molecule has 1 saturated carbocycles. The molecule has 19 heteroatoms. The molecule has 0 bridgehead atoms. The van der Waals surface area contributed by atoms with Crippen LogP contribution in [-0.2, 0) is 49.6 Å². The van der Waals surface area contributed by atoms with Crippen molar-refractivity contribution in [2.45, 2.75) is 83.8 Å². The number of likely N-dealkylation sites (N-methyl/N-ethyl adjacent to an activating group) is 1. The monoisotopic (exact) mass is 1080 g/mol. The average molecular weight is 1080 g/mol. The predicted molar refractivity (Wildman–Crippen MR) is 300 cm³/mol. The fourth-order valence-electron chi connectivity index (χ4n) is 8.01. The van der Waals surface area contributed by atoms with Gasteiger partial charge in [0.15, 0.2) is 5.13 Å². The first-order valence-corrected chi connectivity index (χ1v) is 27.3. The summed E-state index contributed by atoms with van der Waals surface area (Å²) in [5, 5.41) is 20.0. The van der Waals surface area contributed by atoms with E-state index in [0.717, 1.165) is 79.0 Å². The molecule has 1 aliphatic carbocycles. The Hall–Kier alpha value is -6.41. The number of anilines is 2. The van der Waals surface area contributed by atoms with Crippen LogP contribution < -0.4 is 25.4 Å². The third kappa shape index (κ3) is 21.0. The third-order valence-corrected chi connectivity index (χ3v) is 13.3. The molecule has 2 heterocycles. The number of carbonyl (C=O) groups excluding carboxylic acids is 3. The van der Waals surface area contributed by atoms with Crippen LogP contribution in [0.4, 0.5) is 15.6 Å². The number of rotatable bonds is 36. The Balaban J connectivity index is 0.755. The molecule has 408 valence electrons. The summed E-state index contributed by atoms with van der Waals surface area (Å²) in [6.07, 6.45) is 12.9. The van der Waals surface area contributed by atoms with Crippen LogP contribution in [0.5, 0.6) is 11.5 Å². The second-order valence-electron chi connectivity index (χ2n) is 18.4. The van der Waals surface area contributed by atoms with Gasteiger partial charge in [-0.1, -0.05) is 73.3 Å². The third-order valence-electron chi connectivity index (χ3n) is 12.2. The minimum Gasteiger partial charge on any atom is -0.494 e. The number of halogens is 1. The number of thiazole rings is 1. The average Bonchev–Trinajstić information content (AvgIpc) is 3.98. The summed E-state index contributed by atoms with van der Waals surface area (Å²) in [5.41, 5.74) is 5.90. The molecule has 76 heavy (non-hydrogen) atoms. The summed E-state index contributed by atoms with van der Waals surface area (Å²) >= 11 is 7.86. The lowest BCUT2D eigenvalue weighted by Crippen LogP contribution is -2.45. The summed E-state index contributed by atoms with van der Waals surface area (Å²) in [5.74, 6) is 1.14. The van der Waals surface area contributed by atoms with Crippen molar-refractivity contribution in [3.63, 3.8) is 0 Å². The van der Waals surface area contributed by atoms with Gasteiger partial charge in [-0.15, -0.1) is 16.4 Å². The van der Waals surface area contributed by atoms with Gasteiger partial charge >= 0.3 is 6.03 Å². The van der Waals surface area contributed by atoms with Crippen LogP contribution in [0, 0.1) is 6.92 Å². The van der Waals surface area contributed by atoms with Crippen molar-refractivity contribution < 1.29 is 38.1 Å². The number of urea groups is 1. The summed E-state index contributed by atoms with van der Waals surface area (Å²) in [7, 11) is 2.09. The Kier molecular flexibility index (Phi) is 25.0. The summed E-state index contributed by atoms with van der Waals surface area (Å²) in [6, 6.07) is 19.4. The van der Waals surface area contributed by atoms with Crippen molar-refractivity contribution in [3.8, 4) is 11.5 Å². The largest absolute Gasteiger partial charge is 0.494 e. The Morgan fingerprint density at radius 2 is 1.58 bits per heavy atom. The van der Waals surface area contributed by atoms with E-state index >= 15 is 0 Å².